The van der Waals surface area contributed by atoms with Crippen LogP contribution in [0.1, 0.15) is 37.8 Å². The smallest absolute Gasteiger partial charge is 0.191 e. The maximum Gasteiger partial charge on any atom is 0.191 e. The highest BCUT2D eigenvalue weighted by molar-refractivity contribution is 14.0. The lowest BCUT2D eigenvalue weighted by Crippen LogP contribution is -2.49. The summed E-state index contributed by atoms with van der Waals surface area (Å²) in [5.74, 6) is 0.898. The molecule has 1 heterocycles. The number of piperidine rings is 1. The van der Waals surface area contributed by atoms with Crippen molar-refractivity contribution in [3.63, 3.8) is 0 Å². The van der Waals surface area contributed by atoms with Gasteiger partial charge in [0.05, 0.1) is 0 Å². The molecule has 0 spiro atoms. The molecule has 0 atom stereocenters. The molecule has 1 fully saturated rings. The van der Waals surface area contributed by atoms with E-state index in [2.05, 4.69) is 75.4 Å². The first kappa shape index (κ1) is 21.7. The molecule has 24 heavy (non-hydrogen) atoms. The number of benzene rings is 1. The zero-order valence-electron chi connectivity index (χ0n) is 15.1. The fraction of sp³-hybridized carbons (Fsp3) is 0.611. The van der Waals surface area contributed by atoms with Crippen molar-refractivity contribution in [3.05, 3.63) is 33.8 Å². The Morgan fingerprint density at radius 3 is 2.54 bits per heavy atom. The summed E-state index contributed by atoms with van der Waals surface area (Å²) >= 11 is 3.51. The summed E-state index contributed by atoms with van der Waals surface area (Å²) in [5.41, 5.74) is 2.58. The van der Waals surface area contributed by atoms with Crippen LogP contribution in [0, 0.1) is 6.92 Å². The van der Waals surface area contributed by atoms with Crippen LogP contribution in [0.15, 0.2) is 27.7 Å². The number of nitrogens with zero attached hydrogens (tertiary/aromatic N) is 2. The van der Waals surface area contributed by atoms with E-state index < -0.39 is 0 Å². The number of hydrogen-bond acceptors (Lipinski definition) is 2. The third kappa shape index (κ3) is 6.52. The maximum absolute atomic E-state index is 4.37. The standard InChI is InChI=1S/C18H29BrN4.HI/c1-13(2)23-9-7-17(8-10-23)22-18(20-4)21-12-15-5-6-16(19)11-14(15)3;/h5-6,11,13,17H,7-10,12H2,1-4H3,(H2,20,21,22);1H. The van der Waals surface area contributed by atoms with Crippen molar-refractivity contribution in [2.45, 2.75) is 52.2 Å². The quantitative estimate of drug-likeness (QED) is 0.368. The normalized spacial score (nSPS) is 16.8. The molecule has 2 rings (SSSR count). The third-order valence-electron chi connectivity index (χ3n) is 4.58. The molecule has 1 aromatic carbocycles. The van der Waals surface area contributed by atoms with Crippen molar-refractivity contribution in [3.8, 4) is 0 Å². The summed E-state index contributed by atoms with van der Waals surface area (Å²) < 4.78 is 1.12. The van der Waals surface area contributed by atoms with Crippen LogP contribution in [0.4, 0.5) is 0 Å². The average Bonchev–Trinajstić information content (AvgIpc) is 2.53. The minimum absolute atomic E-state index is 0. The van der Waals surface area contributed by atoms with Crippen molar-refractivity contribution in [1.29, 1.82) is 0 Å². The van der Waals surface area contributed by atoms with E-state index in [1.54, 1.807) is 0 Å². The fourth-order valence-electron chi connectivity index (χ4n) is 2.98. The molecule has 136 valence electrons. The SMILES string of the molecule is CN=C(NCc1ccc(Br)cc1C)NC1CCN(C(C)C)CC1.I. The second-order valence-electron chi connectivity index (χ2n) is 6.54. The van der Waals surface area contributed by atoms with Gasteiger partial charge in [-0.15, -0.1) is 24.0 Å². The van der Waals surface area contributed by atoms with Gasteiger partial charge < -0.3 is 15.5 Å². The molecule has 0 unspecified atom stereocenters. The summed E-state index contributed by atoms with van der Waals surface area (Å²) in [6.45, 7) is 9.81. The first-order valence-corrected chi connectivity index (χ1v) is 9.25. The van der Waals surface area contributed by atoms with Gasteiger partial charge in [0.15, 0.2) is 5.96 Å². The van der Waals surface area contributed by atoms with E-state index in [0.717, 1.165) is 30.1 Å². The first-order valence-electron chi connectivity index (χ1n) is 8.46. The molecule has 0 saturated carbocycles. The van der Waals surface area contributed by atoms with Gasteiger partial charge in [-0.2, -0.15) is 0 Å². The lowest BCUT2D eigenvalue weighted by atomic mass is 10.0. The van der Waals surface area contributed by atoms with E-state index >= 15 is 0 Å². The molecule has 1 aromatic rings. The largest absolute Gasteiger partial charge is 0.354 e. The monoisotopic (exact) mass is 508 g/mol. The van der Waals surface area contributed by atoms with Crippen LogP contribution >= 0.6 is 39.9 Å². The van der Waals surface area contributed by atoms with Gasteiger partial charge in [0.25, 0.3) is 0 Å². The average molecular weight is 509 g/mol. The number of aliphatic imine (C=N–C) groups is 1. The lowest BCUT2D eigenvalue weighted by molar-refractivity contribution is 0.167. The van der Waals surface area contributed by atoms with Crippen LogP contribution in [-0.4, -0.2) is 43.1 Å². The minimum atomic E-state index is 0. The zero-order chi connectivity index (χ0) is 16.8. The van der Waals surface area contributed by atoms with E-state index in [4.69, 9.17) is 0 Å². The first-order chi connectivity index (χ1) is 11.0. The van der Waals surface area contributed by atoms with Gasteiger partial charge in [0.1, 0.15) is 0 Å². The number of hydrogen-bond donors (Lipinski definition) is 2. The number of guanidine groups is 1. The zero-order valence-corrected chi connectivity index (χ0v) is 19.0. The maximum atomic E-state index is 4.37. The Balaban J connectivity index is 0.00000288. The van der Waals surface area contributed by atoms with E-state index in [1.807, 2.05) is 7.05 Å². The lowest BCUT2D eigenvalue weighted by Gasteiger charge is -2.35. The molecule has 0 amide bonds. The predicted octanol–water partition coefficient (Wildman–Crippen LogP) is 3.91. The highest BCUT2D eigenvalue weighted by Crippen LogP contribution is 2.16. The van der Waals surface area contributed by atoms with Crippen LogP contribution in [0.5, 0.6) is 0 Å². The summed E-state index contributed by atoms with van der Waals surface area (Å²) in [4.78, 5) is 6.91. The fourth-order valence-corrected chi connectivity index (χ4v) is 3.46. The van der Waals surface area contributed by atoms with Gasteiger partial charge >= 0.3 is 0 Å². The van der Waals surface area contributed by atoms with Crippen LogP contribution in [0.2, 0.25) is 0 Å². The molecule has 0 aromatic heterocycles. The Morgan fingerprint density at radius 2 is 2.00 bits per heavy atom. The van der Waals surface area contributed by atoms with Gasteiger partial charge in [0, 0.05) is 43.2 Å². The van der Waals surface area contributed by atoms with Crippen molar-refractivity contribution in [1.82, 2.24) is 15.5 Å². The van der Waals surface area contributed by atoms with Gasteiger partial charge in [-0.05, 0) is 56.9 Å². The molecule has 0 bridgehead atoms. The molecule has 1 aliphatic heterocycles. The van der Waals surface area contributed by atoms with Crippen molar-refractivity contribution >= 4 is 45.9 Å². The van der Waals surface area contributed by atoms with Gasteiger partial charge in [-0.3, -0.25) is 4.99 Å². The number of halogens is 2. The second-order valence-corrected chi connectivity index (χ2v) is 7.46. The van der Waals surface area contributed by atoms with Crippen molar-refractivity contribution in [2.24, 2.45) is 4.99 Å². The molecule has 4 nitrogen and oxygen atoms in total. The van der Waals surface area contributed by atoms with Crippen LogP contribution in [-0.2, 0) is 6.54 Å². The molecule has 0 radical (unpaired) electrons. The molecular formula is C18H30BrIN4. The molecule has 0 aliphatic carbocycles. The van der Waals surface area contributed by atoms with E-state index in [1.165, 1.54) is 24.0 Å². The number of aryl methyl sites for hydroxylation is 1. The van der Waals surface area contributed by atoms with E-state index in [-0.39, 0.29) is 24.0 Å². The van der Waals surface area contributed by atoms with Crippen molar-refractivity contribution < 1.29 is 0 Å². The topological polar surface area (TPSA) is 39.7 Å². The van der Waals surface area contributed by atoms with Gasteiger partial charge in [-0.1, -0.05) is 22.0 Å². The number of nitrogens with one attached hydrogen (secondary N) is 2. The van der Waals surface area contributed by atoms with E-state index in [0.29, 0.717) is 12.1 Å². The van der Waals surface area contributed by atoms with Gasteiger partial charge in [-0.25, -0.2) is 0 Å². The third-order valence-corrected chi connectivity index (χ3v) is 5.07. The highest BCUT2D eigenvalue weighted by atomic mass is 127. The van der Waals surface area contributed by atoms with Crippen LogP contribution in [0.3, 0.4) is 0 Å². The van der Waals surface area contributed by atoms with Gasteiger partial charge in [0.2, 0.25) is 0 Å². The molecular weight excluding hydrogens is 479 g/mol. The Bertz CT molecular complexity index is 540. The second kappa shape index (κ2) is 10.6. The van der Waals surface area contributed by atoms with E-state index in [9.17, 15) is 0 Å². The summed E-state index contributed by atoms with van der Waals surface area (Å²) in [7, 11) is 1.84. The molecule has 2 N–H and O–H groups in total. The summed E-state index contributed by atoms with van der Waals surface area (Å²) in [5, 5.41) is 7.01. The van der Waals surface area contributed by atoms with Crippen LogP contribution in [0.25, 0.3) is 0 Å². The minimum Gasteiger partial charge on any atom is -0.354 e. The van der Waals surface area contributed by atoms with Crippen molar-refractivity contribution in [2.75, 3.05) is 20.1 Å². The highest BCUT2D eigenvalue weighted by Gasteiger charge is 2.21. The molecule has 1 aliphatic rings. The van der Waals surface area contributed by atoms with Crippen LogP contribution < -0.4 is 10.6 Å². The Morgan fingerprint density at radius 1 is 1.33 bits per heavy atom. The summed E-state index contributed by atoms with van der Waals surface area (Å²) in [6.07, 6.45) is 2.35. The Kier molecular flexibility index (Phi) is 9.59. The number of rotatable bonds is 4. The Hall–Kier alpha value is -0.340. The summed E-state index contributed by atoms with van der Waals surface area (Å²) in [6, 6.07) is 7.55. The Labute approximate surface area is 172 Å². The predicted molar refractivity (Wildman–Crippen MR) is 117 cm³/mol. The number of likely N-dealkylation sites (tertiary alicyclic amines) is 1. The molecule has 1 saturated heterocycles. The molecule has 6 heteroatoms.